The molecule has 1 atom stereocenters. The van der Waals surface area contributed by atoms with Crippen molar-refractivity contribution in [3.63, 3.8) is 0 Å². The maximum Gasteiger partial charge on any atom is 0.159 e. The predicted octanol–water partition coefficient (Wildman–Crippen LogP) is 2.36. The van der Waals surface area contributed by atoms with E-state index in [1.54, 1.807) is 13.3 Å². The highest BCUT2D eigenvalue weighted by atomic mass is 16.5. The number of aromatic nitrogens is 2. The molecule has 0 saturated carbocycles. The summed E-state index contributed by atoms with van der Waals surface area (Å²) in [5, 5.41) is 4.35. The first kappa shape index (κ1) is 14.0. The van der Waals surface area contributed by atoms with Crippen LogP contribution in [0, 0.1) is 0 Å². The van der Waals surface area contributed by atoms with Gasteiger partial charge < -0.3 is 10.5 Å². The third-order valence-electron chi connectivity index (χ3n) is 2.98. The van der Waals surface area contributed by atoms with Crippen LogP contribution in [0.1, 0.15) is 45.2 Å². The van der Waals surface area contributed by atoms with E-state index in [1.165, 1.54) is 5.69 Å². The maximum atomic E-state index is 6.05. The van der Waals surface area contributed by atoms with E-state index in [9.17, 15) is 0 Å². The molecule has 1 heterocycles. The second-order valence-corrected chi connectivity index (χ2v) is 4.47. The fraction of sp³-hybridized carbons (Fsp3) is 0.769. The van der Waals surface area contributed by atoms with Crippen LogP contribution in [0.25, 0.3) is 0 Å². The summed E-state index contributed by atoms with van der Waals surface area (Å²) in [6.07, 6.45) is 7.07. The van der Waals surface area contributed by atoms with E-state index in [0.717, 1.165) is 44.4 Å². The molecule has 0 bridgehead atoms. The molecule has 0 fully saturated rings. The first-order valence-corrected chi connectivity index (χ1v) is 6.57. The molecule has 0 radical (unpaired) electrons. The van der Waals surface area contributed by atoms with Crippen LogP contribution in [0.4, 0.5) is 0 Å². The molecule has 4 nitrogen and oxygen atoms in total. The zero-order valence-corrected chi connectivity index (χ0v) is 11.3. The Morgan fingerprint density at radius 2 is 2.12 bits per heavy atom. The van der Waals surface area contributed by atoms with Gasteiger partial charge in [-0.3, -0.25) is 4.68 Å². The van der Waals surface area contributed by atoms with Crippen molar-refractivity contribution in [2.24, 2.45) is 5.73 Å². The zero-order valence-electron chi connectivity index (χ0n) is 11.3. The second-order valence-electron chi connectivity index (χ2n) is 4.47. The van der Waals surface area contributed by atoms with Gasteiger partial charge in [-0.2, -0.15) is 5.10 Å². The lowest BCUT2D eigenvalue weighted by atomic mass is 10.1. The minimum absolute atomic E-state index is 0.287. The summed E-state index contributed by atoms with van der Waals surface area (Å²) in [5.74, 6) is 0.891. The van der Waals surface area contributed by atoms with Crippen molar-refractivity contribution in [2.45, 2.75) is 58.5 Å². The van der Waals surface area contributed by atoms with Gasteiger partial charge in [-0.25, -0.2) is 0 Å². The van der Waals surface area contributed by atoms with Crippen molar-refractivity contribution in [3.05, 3.63) is 11.9 Å². The molecule has 1 aromatic heterocycles. The topological polar surface area (TPSA) is 53.1 Å². The third-order valence-corrected chi connectivity index (χ3v) is 2.98. The van der Waals surface area contributed by atoms with Crippen LogP contribution in [-0.2, 0) is 13.0 Å². The quantitative estimate of drug-likeness (QED) is 0.757. The van der Waals surface area contributed by atoms with Gasteiger partial charge in [0.25, 0.3) is 0 Å². The zero-order chi connectivity index (χ0) is 12.7. The van der Waals surface area contributed by atoms with E-state index in [1.807, 2.05) is 4.68 Å². The Morgan fingerprint density at radius 1 is 1.35 bits per heavy atom. The largest absolute Gasteiger partial charge is 0.493 e. The van der Waals surface area contributed by atoms with Crippen molar-refractivity contribution < 1.29 is 4.74 Å². The Hall–Kier alpha value is -1.03. The highest BCUT2D eigenvalue weighted by Crippen LogP contribution is 2.20. The summed E-state index contributed by atoms with van der Waals surface area (Å²) in [5.41, 5.74) is 7.23. The number of ether oxygens (including phenoxy) is 1. The number of aryl methyl sites for hydroxylation is 1. The molecule has 0 amide bonds. The third kappa shape index (κ3) is 4.04. The van der Waals surface area contributed by atoms with Crippen LogP contribution in [-0.4, -0.2) is 22.9 Å². The molecule has 17 heavy (non-hydrogen) atoms. The molecule has 0 aliphatic carbocycles. The SMILES string of the molecule is CCCC(N)CCc1c(OC)cnn1CCC. The summed E-state index contributed by atoms with van der Waals surface area (Å²) in [6, 6.07) is 0.287. The number of hydrogen-bond donors (Lipinski definition) is 1. The van der Waals surface area contributed by atoms with Crippen LogP contribution in [0.5, 0.6) is 5.75 Å². The van der Waals surface area contributed by atoms with E-state index in [4.69, 9.17) is 10.5 Å². The Bertz CT molecular complexity index is 322. The Labute approximate surface area is 104 Å². The monoisotopic (exact) mass is 239 g/mol. The van der Waals surface area contributed by atoms with Gasteiger partial charge in [-0.05, 0) is 25.7 Å². The molecule has 2 N–H and O–H groups in total. The molecular weight excluding hydrogens is 214 g/mol. The fourth-order valence-electron chi connectivity index (χ4n) is 2.06. The average Bonchev–Trinajstić information content (AvgIpc) is 2.70. The van der Waals surface area contributed by atoms with E-state index < -0.39 is 0 Å². The normalized spacial score (nSPS) is 12.7. The van der Waals surface area contributed by atoms with Gasteiger partial charge in [0, 0.05) is 12.6 Å². The number of rotatable bonds is 8. The predicted molar refractivity (Wildman–Crippen MR) is 70.3 cm³/mol. The van der Waals surface area contributed by atoms with Gasteiger partial charge in [0.2, 0.25) is 0 Å². The van der Waals surface area contributed by atoms with Gasteiger partial charge in [-0.1, -0.05) is 20.3 Å². The summed E-state index contributed by atoms with van der Waals surface area (Å²) in [6.45, 7) is 5.27. The number of methoxy groups -OCH3 is 1. The van der Waals surface area contributed by atoms with E-state index >= 15 is 0 Å². The van der Waals surface area contributed by atoms with Crippen LogP contribution in [0.3, 0.4) is 0 Å². The van der Waals surface area contributed by atoms with Crippen molar-refractivity contribution in [1.82, 2.24) is 9.78 Å². The number of nitrogens with zero attached hydrogens (tertiary/aromatic N) is 2. The van der Waals surface area contributed by atoms with Crippen molar-refractivity contribution in [3.8, 4) is 5.75 Å². The van der Waals surface area contributed by atoms with Crippen LogP contribution < -0.4 is 10.5 Å². The molecular formula is C13H25N3O. The summed E-state index contributed by atoms with van der Waals surface area (Å²) in [4.78, 5) is 0. The van der Waals surface area contributed by atoms with E-state index in [-0.39, 0.29) is 6.04 Å². The van der Waals surface area contributed by atoms with Crippen LogP contribution >= 0.6 is 0 Å². The maximum absolute atomic E-state index is 6.05. The highest BCUT2D eigenvalue weighted by molar-refractivity contribution is 5.25. The van der Waals surface area contributed by atoms with E-state index in [2.05, 4.69) is 18.9 Å². The van der Waals surface area contributed by atoms with Gasteiger partial charge in [0.15, 0.2) is 5.75 Å². The molecule has 0 spiro atoms. The molecule has 1 unspecified atom stereocenters. The van der Waals surface area contributed by atoms with Crippen molar-refractivity contribution in [1.29, 1.82) is 0 Å². The van der Waals surface area contributed by atoms with E-state index in [0.29, 0.717) is 0 Å². The fourth-order valence-corrected chi connectivity index (χ4v) is 2.06. The molecule has 1 rings (SSSR count). The van der Waals surface area contributed by atoms with Crippen molar-refractivity contribution in [2.75, 3.05) is 7.11 Å². The molecule has 0 aromatic carbocycles. The van der Waals surface area contributed by atoms with Gasteiger partial charge in [0.1, 0.15) is 0 Å². The number of nitrogens with two attached hydrogens (primary N) is 1. The lowest BCUT2D eigenvalue weighted by Crippen LogP contribution is -2.21. The smallest absolute Gasteiger partial charge is 0.159 e. The van der Waals surface area contributed by atoms with Crippen LogP contribution in [0.2, 0.25) is 0 Å². The minimum Gasteiger partial charge on any atom is -0.493 e. The van der Waals surface area contributed by atoms with Crippen molar-refractivity contribution >= 4 is 0 Å². The summed E-state index contributed by atoms with van der Waals surface area (Å²) >= 11 is 0. The Morgan fingerprint density at radius 3 is 2.71 bits per heavy atom. The Kier molecular flexibility index (Phi) is 6.05. The standard InChI is InChI=1S/C13H25N3O/c1-4-6-11(14)7-8-12-13(17-3)10-15-16(12)9-5-2/h10-11H,4-9,14H2,1-3H3. The molecule has 0 aliphatic heterocycles. The molecule has 98 valence electrons. The van der Waals surface area contributed by atoms with Gasteiger partial charge >= 0.3 is 0 Å². The first-order chi connectivity index (χ1) is 8.22. The summed E-state index contributed by atoms with van der Waals surface area (Å²) in [7, 11) is 1.70. The Balaban J connectivity index is 2.63. The molecule has 1 aromatic rings. The summed E-state index contributed by atoms with van der Waals surface area (Å²) < 4.78 is 7.38. The number of hydrogen-bond acceptors (Lipinski definition) is 3. The first-order valence-electron chi connectivity index (χ1n) is 6.57. The van der Waals surface area contributed by atoms with Gasteiger partial charge in [0.05, 0.1) is 19.0 Å². The van der Waals surface area contributed by atoms with Crippen LogP contribution in [0.15, 0.2) is 6.20 Å². The lowest BCUT2D eigenvalue weighted by molar-refractivity contribution is 0.404. The highest BCUT2D eigenvalue weighted by Gasteiger charge is 2.12. The second kappa shape index (κ2) is 7.33. The van der Waals surface area contributed by atoms with Gasteiger partial charge in [-0.15, -0.1) is 0 Å². The molecule has 4 heteroatoms. The lowest BCUT2D eigenvalue weighted by Gasteiger charge is -2.12. The minimum atomic E-state index is 0.287. The average molecular weight is 239 g/mol. The molecule has 0 aliphatic rings. The molecule has 0 saturated heterocycles.